The van der Waals surface area contributed by atoms with Crippen LogP contribution in [-0.4, -0.2) is 89.8 Å². The van der Waals surface area contributed by atoms with E-state index in [1.54, 1.807) is 30.3 Å². The van der Waals surface area contributed by atoms with E-state index in [4.69, 9.17) is 23.7 Å². The Morgan fingerprint density at radius 1 is 0.895 bits per heavy atom. The van der Waals surface area contributed by atoms with E-state index in [1.165, 1.54) is 0 Å². The molecule has 0 aliphatic carbocycles. The zero-order chi connectivity index (χ0) is 28.0. The zero-order valence-electron chi connectivity index (χ0n) is 20.7. The summed E-state index contributed by atoms with van der Waals surface area (Å²) in [6.45, 7) is 3.71. The lowest BCUT2D eigenvalue weighted by Crippen LogP contribution is -2.66. The predicted molar refractivity (Wildman–Crippen MR) is 121 cm³/mol. The Morgan fingerprint density at radius 2 is 1.47 bits per heavy atom. The predicted octanol–water partition coefficient (Wildman–Crippen LogP) is -0.976. The van der Waals surface area contributed by atoms with Crippen molar-refractivity contribution in [2.75, 3.05) is 6.61 Å². The van der Waals surface area contributed by atoms with Crippen molar-refractivity contribution in [3.05, 3.63) is 30.3 Å². The van der Waals surface area contributed by atoms with Crippen molar-refractivity contribution in [3.63, 3.8) is 0 Å². The van der Waals surface area contributed by atoms with Crippen molar-refractivity contribution in [3.8, 4) is 5.69 Å². The van der Waals surface area contributed by atoms with Crippen LogP contribution in [0.3, 0.4) is 0 Å². The average molecular weight is 556 g/mol. The van der Waals surface area contributed by atoms with E-state index >= 15 is 0 Å². The standard InChI is InChI=1S/C21H25N5O11S/c1-11(27)33-10-16-17(34-12(2)28)18(35-13(3)29)19(36-14(4)30)20(37-16)23-38(31,32)21-22-24-25-26(21)15-8-6-5-7-9-15/h5-9,16-20,23H,10H2,1-4H3/t16?,17-,18-,19?,20+/m0/s1. The van der Waals surface area contributed by atoms with E-state index in [9.17, 15) is 27.6 Å². The highest BCUT2D eigenvalue weighted by Crippen LogP contribution is 2.29. The molecule has 2 heterocycles. The molecule has 0 saturated carbocycles. The summed E-state index contributed by atoms with van der Waals surface area (Å²) in [6, 6.07) is 8.10. The van der Waals surface area contributed by atoms with Crippen molar-refractivity contribution >= 4 is 33.9 Å². The van der Waals surface area contributed by atoms with Crippen LogP contribution < -0.4 is 4.72 Å². The van der Waals surface area contributed by atoms with Crippen molar-refractivity contribution < 1.29 is 51.3 Å². The van der Waals surface area contributed by atoms with Crippen LogP contribution in [0, 0.1) is 0 Å². The smallest absolute Gasteiger partial charge is 0.303 e. The summed E-state index contributed by atoms with van der Waals surface area (Å²) in [4.78, 5) is 47.1. The summed E-state index contributed by atoms with van der Waals surface area (Å²) in [5.41, 5.74) is 0.319. The summed E-state index contributed by atoms with van der Waals surface area (Å²) in [7, 11) is -4.61. The number of tetrazole rings is 1. The number of benzene rings is 1. The van der Waals surface area contributed by atoms with Gasteiger partial charge in [0.05, 0.1) is 5.69 Å². The first-order valence-corrected chi connectivity index (χ1v) is 12.5. The molecule has 0 spiro atoms. The molecule has 16 nitrogen and oxygen atoms in total. The van der Waals surface area contributed by atoms with E-state index in [-0.39, 0.29) is 0 Å². The quantitative estimate of drug-likeness (QED) is 0.292. The first-order valence-electron chi connectivity index (χ1n) is 11.1. The van der Waals surface area contributed by atoms with Crippen LogP contribution in [-0.2, 0) is 52.9 Å². The Labute approximate surface area is 216 Å². The van der Waals surface area contributed by atoms with Gasteiger partial charge in [-0.15, -0.1) is 0 Å². The van der Waals surface area contributed by atoms with Crippen LogP contribution in [0.4, 0.5) is 0 Å². The van der Waals surface area contributed by atoms with Gasteiger partial charge in [-0.2, -0.15) is 9.40 Å². The normalized spacial score (nSPS) is 23.2. The molecule has 2 aromatic rings. The number of esters is 4. The number of rotatable bonds is 9. The fourth-order valence-corrected chi connectivity index (χ4v) is 4.72. The van der Waals surface area contributed by atoms with Gasteiger partial charge in [0.25, 0.3) is 15.2 Å². The first-order chi connectivity index (χ1) is 17.9. The van der Waals surface area contributed by atoms with Crippen LogP contribution in [0.1, 0.15) is 27.7 Å². The van der Waals surface area contributed by atoms with E-state index in [0.717, 1.165) is 32.4 Å². The van der Waals surface area contributed by atoms with Gasteiger partial charge in [-0.1, -0.05) is 23.3 Å². The molecule has 1 saturated heterocycles. The summed E-state index contributed by atoms with van der Waals surface area (Å²) >= 11 is 0. The molecule has 1 fully saturated rings. The van der Waals surface area contributed by atoms with Crippen molar-refractivity contribution in [2.24, 2.45) is 0 Å². The highest BCUT2D eigenvalue weighted by Gasteiger charge is 2.53. The van der Waals surface area contributed by atoms with E-state index < -0.39 is 76.3 Å². The largest absolute Gasteiger partial charge is 0.463 e. The molecule has 3 rings (SSSR count). The Kier molecular flexibility index (Phi) is 9.08. The van der Waals surface area contributed by atoms with Crippen molar-refractivity contribution in [1.29, 1.82) is 0 Å². The molecule has 1 aliphatic heterocycles. The molecule has 5 atom stereocenters. The number of aromatic nitrogens is 4. The number of nitrogens with zero attached hydrogens (tertiary/aromatic N) is 4. The Balaban J connectivity index is 2.03. The number of hydrogen-bond donors (Lipinski definition) is 1. The van der Waals surface area contributed by atoms with Gasteiger partial charge in [0.15, 0.2) is 24.5 Å². The second-order valence-electron chi connectivity index (χ2n) is 7.95. The third-order valence-corrected chi connectivity index (χ3v) is 6.22. The fraction of sp³-hybridized carbons (Fsp3) is 0.476. The monoisotopic (exact) mass is 555 g/mol. The Bertz CT molecular complexity index is 1280. The fourth-order valence-electron chi connectivity index (χ4n) is 3.61. The molecular weight excluding hydrogens is 530 g/mol. The molecule has 1 N–H and O–H groups in total. The molecular formula is C21H25N5O11S. The Morgan fingerprint density at radius 3 is 2.05 bits per heavy atom. The van der Waals surface area contributed by atoms with Crippen LogP contribution in [0.5, 0.6) is 0 Å². The van der Waals surface area contributed by atoms with Crippen LogP contribution in [0.25, 0.3) is 5.69 Å². The summed E-state index contributed by atoms with van der Waals surface area (Å²) in [6.07, 6.45) is -7.74. The lowest BCUT2D eigenvalue weighted by molar-refractivity contribution is -0.254. The van der Waals surface area contributed by atoms with Gasteiger partial charge in [-0.25, -0.2) is 8.42 Å². The number of ether oxygens (including phenoxy) is 5. The topological polar surface area (TPSA) is 204 Å². The van der Waals surface area contributed by atoms with Crippen LogP contribution >= 0.6 is 0 Å². The average Bonchev–Trinajstić information content (AvgIpc) is 3.32. The number of sulfonamides is 1. The second-order valence-corrected chi connectivity index (χ2v) is 9.56. The maximum atomic E-state index is 13.4. The van der Waals surface area contributed by atoms with Gasteiger partial charge >= 0.3 is 23.9 Å². The molecule has 38 heavy (non-hydrogen) atoms. The number of nitrogens with one attached hydrogen (secondary N) is 1. The van der Waals surface area contributed by atoms with E-state index in [2.05, 4.69) is 20.2 Å². The molecule has 0 bridgehead atoms. The molecule has 1 aromatic carbocycles. The highest BCUT2D eigenvalue weighted by atomic mass is 32.2. The number of carbonyl (C=O) groups is 4. The molecule has 206 valence electrons. The number of para-hydroxylation sites is 1. The molecule has 1 aliphatic rings. The van der Waals surface area contributed by atoms with Gasteiger partial charge in [0.1, 0.15) is 12.7 Å². The maximum Gasteiger partial charge on any atom is 0.303 e. The highest BCUT2D eigenvalue weighted by molar-refractivity contribution is 7.89. The van der Waals surface area contributed by atoms with Crippen LogP contribution in [0.2, 0.25) is 0 Å². The third kappa shape index (κ3) is 7.08. The van der Waals surface area contributed by atoms with Gasteiger partial charge in [-0.05, 0) is 22.6 Å². The zero-order valence-corrected chi connectivity index (χ0v) is 21.5. The summed E-state index contributed by atoms with van der Waals surface area (Å²) in [5, 5.41) is 10.1. The molecule has 2 unspecified atom stereocenters. The molecule has 0 amide bonds. The third-order valence-electron chi connectivity index (χ3n) is 4.94. The maximum absolute atomic E-state index is 13.4. The summed E-state index contributed by atoms with van der Waals surface area (Å²) in [5.74, 6) is -3.31. The van der Waals surface area contributed by atoms with E-state index in [1.807, 2.05) is 0 Å². The summed E-state index contributed by atoms with van der Waals surface area (Å²) < 4.78 is 56.4. The van der Waals surface area contributed by atoms with Gasteiger partial charge in [0.2, 0.25) is 0 Å². The van der Waals surface area contributed by atoms with E-state index in [0.29, 0.717) is 5.69 Å². The van der Waals surface area contributed by atoms with Crippen molar-refractivity contribution in [1.82, 2.24) is 24.9 Å². The SMILES string of the molecule is CC(=O)OCC1O[C@@H](NS(=O)(=O)c2nnnn2-c2ccccc2)C(OC(C)=O)[C@@H](OC(C)=O)[C@H]1OC(C)=O. The van der Waals surface area contributed by atoms with Gasteiger partial charge in [-0.3, -0.25) is 19.2 Å². The van der Waals surface area contributed by atoms with Crippen LogP contribution in [0.15, 0.2) is 35.5 Å². The lowest BCUT2D eigenvalue weighted by Gasteiger charge is -2.44. The minimum absolute atomic E-state index is 0.319. The lowest BCUT2D eigenvalue weighted by atomic mass is 9.97. The molecule has 0 radical (unpaired) electrons. The van der Waals surface area contributed by atoms with Gasteiger partial charge in [0, 0.05) is 27.7 Å². The first kappa shape index (κ1) is 28.6. The minimum Gasteiger partial charge on any atom is -0.463 e. The second kappa shape index (κ2) is 12.1. The molecule has 17 heteroatoms. The minimum atomic E-state index is -4.61. The number of hydrogen-bond acceptors (Lipinski definition) is 14. The van der Waals surface area contributed by atoms with Crippen molar-refractivity contribution in [2.45, 2.75) is 63.5 Å². The Hall–Kier alpha value is -3.96. The number of carbonyl (C=O) groups excluding carboxylic acids is 4. The molecule has 1 aromatic heterocycles. The van der Waals surface area contributed by atoms with Gasteiger partial charge < -0.3 is 23.7 Å².